The molecule has 0 bridgehead atoms. The fourth-order valence-electron chi connectivity index (χ4n) is 1.72. The van der Waals surface area contributed by atoms with Gasteiger partial charge in [-0.1, -0.05) is 19.9 Å². The number of thioether (sulfide) groups is 1. The van der Waals surface area contributed by atoms with Gasteiger partial charge in [0.15, 0.2) is 0 Å². The largest absolute Gasteiger partial charge is 0.389 e. The second kappa shape index (κ2) is 8.20. The summed E-state index contributed by atoms with van der Waals surface area (Å²) >= 11 is 5.43. The maximum atomic E-state index is 9.52. The average Bonchev–Trinajstić information content (AvgIpc) is 2.36. The first-order valence-corrected chi connectivity index (χ1v) is 8.19. The van der Waals surface area contributed by atoms with E-state index in [9.17, 15) is 5.11 Å². The number of benzene rings is 1. The number of halogens is 1. The molecule has 102 valence electrons. The van der Waals surface area contributed by atoms with Gasteiger partial charge in [0.25, 0.3) is 0 Å². The third-order valence-corrected chi connectivity index (χ3v) is 4.97. The van der Waals surface area contributed by atoms with Crippen LogP contribution in [-0.4, -0.2) is 35.4 Å². The highest BCUT2D eigenvalue weighted by molar-refractivity contribution is 9.10. The highest BCUT2D eigenvalue weighted by atomic mass is 79.9. The summed E-state index contributed by atoms with van der Waals surface area (Å²) in [6.07, 6.45) is -0.406. The van der Waals surface area contributed by atoms with Crippen molar-refractivity contribution in [3.63, 3.8) is 0 Å². The van der Waals surface area contributed by atoms with E-state index in [4.69, 9.17) is 0 Å². The van der Waals surface area contributed by atoms with Gasteiger partial charge in [0.05, 0.1) is 6.10 Å². The van der Waals surface area contributed by atoms with Crippen LogP contribution in [-0.2, 0) is 0 Å². The molecule has 0 spiro atoms. The highest BCUT2D eigenvalue weighted by Crippen LogP contribution is 2.30. The maximum Gasteiger partial charge on any atom is 0.0762 e. The van der Waals surface area contributed by atoms with Crippen molar-refractivity contribution in [2.45, 2.75) is 31.8 Å². The van der Waals surface area contributed by atoms with Gasteiger partial charge in [-0.3, -0.25) is 0 Å². The Kier molecular flexibility index (Phi) is 7.30. The smallest absolute Gasteiger partial charge is 0.0762 e. The van der Waals surface area contributed by atoms with Gasteiger partial charge < -0.3 is 10.0 Å². The van der Waals surface area contributed by atoms with E-state index in [-0.39, 0.29) is 0 Å². The molecule has 1 atom stereocenters. The predicted octanol–water partition coefficient (Wildman–Crippen LogP) is 3.94. The lowest BCUT2D eigenvalue weighted by Crippen LogP contribution is -2.25. The van der Waals surface area contributed by atoms with Crippen LogP contribution in [0.2, 0.25) is 0 Å². The van der Waals surface area contributed by atoms with Crippen LogP contribution in [0, 0.1) is 0 Å². The third kappa shape index (κ3) is 4.92. The summed E-state index contributed by atoms with van der Waals surface area (Å²) in [7, 11) is 0. The predicted molar refractivity (Wildman–Crippen MR) is 83.3 cm³/mol. The van der Waals surface area contributed by atoms with Crippen LogP contribution in [0.4, 0.5) is 0 Å². The van der Waals surface area contributed by atoms with E-state index >= 15 is 0 Å². The first kappa shape index (κ1) is 16.0. The van der Waals surface area contributed by atoms with Crippen LogP contribution in [0.5, 0.6) is 0 Å². The average molecular weight is 332 g/mol. The van der Waals surface area contributed by atoms with E-state index in [1.54, 1.807) is 6.92 Å². The van der Waals surface area contributed by atoms with Crippen molar-refractivity contribution in [2.24, 2.45) is 0 Å². The highest BCUT2D eigenvalue weighted by Gasteiger charge is 2.06. The third-order valence-electron chi connectivity index (χ3n) is 3.00. The molecular formula is C14H22BrNOS. The normalized spacial score (nSPS) is 13.0. The van der Waals surface area contributed by atoms with E-state index in [0.717, 1.165) is 35.4 Å². The second-order valence-electron chi connectivity index (χ2n) is 4.24. The van der Waals surface area contributed by atoms with Crippen molar-refractivity contribution in [1.82, 2.24) is 4.90 Å². The monoisotopic (exact) mass is 331 g/mol. The van der Waals surface area contributed by atoms with Gasteiger partial charge in [-0.05, 0) is 53.6 Å². The van der Waals surface area contributed by atoms with E-state index in [2.05, 4.69) is 40.7 Å². The van der Waals surface area contributed by atoms with Gasteiger partial charge in [-0.2, -0.15) is 0 Å². The van der Waals surface area contributed by atoms with E-state index < -0.39 is 6.10 Å². The molecule has 1 aromatic rings. The molecule has 0 saturated carbocycles. The van der Waals surface area contributed by atoms with Crippen molar-refractivity contribution >= 4 is 27.7 Å². The van der Waals surface area contributed by atoms with Gasteiger partial charge in [0.2, 0.25) is 0 Å². The van der Waals surface area contributed by atoms with E-state index in [0.29, 0.717) is 0 Å². The molecule has 0 fully saturated rings. The molecule has 0 aliphatic rings. The molecule has 4 heteroatoms. The summed E-state index contributed by atoms with van der Waals surface area (Å²) in [6, 6.07) is 6.08. The van der Waals surface area contributed by atoms with Gasteiger partial charge in [0, 0.05) is 21.7 Å². The molecular weight excluding hydrogens is 310 g/mol. The Balaban J connectivity index is 2.53. The molecule has 0 aliphatic heterocycles. The van der Waals surface area contributed by atoms with Crippen LogP contribution in [0.25, 0.3) is 0 Å². The second-order valence-corrected chi connectivity index (χ2v) is 6.23. The van der Waals surface area contributed by atoms with Crippen LogP contribution in [0.3, 0.4) is 0 Å². The molecule has 0 unspecified atom stereocenters. The van der Waals surface area contributed by atoms with Crippen molar-refractivity contribution < 1.29 is 5.11 Å². The topological polar surface area (TPSA) is 23.5 Å². The first-order chi connectivity index (χ1) is 8.58. The first-order valence-electron chi connectivity index (χ1n) is 6.41. The molecule has 1 rings (SSSR count). The zero-order valence-electron chi connectivity index (χ0n) is 11.3. The summed E-state index contributed by atoms with van der Waals surface area (Å²) in [5.41, 5.74) is 0.954. The molecule has 0 saturated heterocycles. The van der Waals surface area contributed by atoms with Crippen molar-refractivity contribution in [2.75, 3.05) is 25.4 Å². The van der Waals surface area contributed by atoms with Gasteiger partial charge in [-0.25, -0.2) is 0 Å². The fraction of sp³-hybridized carbons (Fsp3) is 0.571. The van der Waals surface area contributed by atoms with Crippen LogP contribution in [0.15, 0.2) is 27.6 Å². The summed E-state index contributed by atoms with van der Waals surface area (Å²) in [6.45, 7) is 9.51. The number of nitrogens with zero attached hydrogens (tertiary/aromatic N) is 1. The molecule has 0 aromatic heterocycles. The van der Waals surface area contributed by atoms with Crippen molar-refractivity contribution in [3.8, 4) is 0 Å². The molecule has 18 heavy (non-hydrogen) atoms. The van der Waals surface area contributed by atoms with Gasteiger partial charge in [0.1, 0.15) is 0 Å². The van der Waals surface area contributed by atoms with E-state index in [1.807, 2.05) is 23.9 Å². The maximum absolute atomic E-state index is 9.52. The number of hydrogen-bond acceptors (Lipinski definition) is 3. The molecule has 1 N–H and O–H groups in total. The minimum Gasteiger partial charge on any atom is -0.389 e. The number of aliphatic hydroxyl groups excluding tert-OH is 1. The summed E-state index contributed by atoms with van der Waals surface area (Å²) in [5.74, 6) is 1.09. The quantitative estimate of drug-likeness (QED) is 0.765. The molecule has 0 amide bonds. The van der Waals surface area contributed by atoms with Crippen molar-refractivity contribution in [1.29, 1.82) is 0 Å². The molecule has 1 aromatic carbocycles. The molecule has 0 radical (unpaired) electrons. The van der Waals surface area contributed by atoms with Gasteiger partial charge in [-0.15, -0.1) is 11.8 Å². The Bertz CT molecular complexity index is 367. The Hall–Kier alpha value is -0.0300. The van der Waals surface area contributed by atoms with Gasteiger partial charge >= 0.3 is 0 Å². The summed E-state index contributed by atoms with van der Waals surface area (Å²) in [4.78, 5) is 3.66. The Morgan fingerprint density at radius 3 is 2.50 bits per heavy atom. The Morgan fingerprint density at radius 2 is 2.00 bits per heavy atom. The standard InChI is InChI=1S/C14H22BrNOS/c1-4-16(5-2)8-9-18-14-7-6-12(11(3)17)10-13(14)15/h6-7,10-11,17H,4-5,8-9H2,1-3H3/t11-/m0/s1. The lowest BCUT2D eigenvalue weighted by Gasteiger charge is -2.17. The summed E-state index contributed by atoms with van der Waals surface area (Å²) < 4.78 is 1.07. The molecule has 0 aliphatic carbocycles. The van der Waals surface area contributed by atoms with Crippen LogP contribution < -0.4 is 0 Å². The fourth-order valence-corrected chi connectivity index (χ4v) is 3.39. The summed E-state index contributed by atoms with van der Waals surface area (Å²) in [5, 5.41) is 9.52. The lowest BCUT2D eigenvalue weighted by atomic mass is 10.1. The molecule has 0 heterocycles. The molecule has 2 nitrogen and oxygen atoms in total. The number of hydrogen-bond donors (Lipinski definition) is 1. The van der Waals surface area contributed by atoms with Crippen LogP contribution in [0.1, 0.15) is 32.4 Å². The van der Waals surface area contributed by atoms with E-state index in [1.165, 1.54) is 4.90 Å². The number of rotatable bonds is 7. The van der Waals surface area contributed by atoms with Crippen LogP contribution >= 0.6 is 27.7 Å². The van der Waals surface area contributed by atoms with Crippen molar-refractivity contribution in [3.05, 3.63) is 28.2 Å². The minimum absolute atomic E-state index is 0.406. The zero-order chi connectivity index (χ0) is 13.5. The number of aliphatic hydroxyl groups is 1. The SMILES string of the molecule is CCN(CC)CCSc1ccc([C@H](C)O)cc1Br. The Labute approximate surface area is 123 Å². The zero-order valence-corrected chi connectivity index (χ0v) is 13.7. The Morgan fingerprint density at radius 1 is 1.33 bits per heavy atom. The minimum atomic E-state index is -0.406. The lowest BCUT2D eigenvalue weighted by molar-refractivity contribution is 0.199.